The van der Waals surface area contributed by atoms with Gasteiger partial charge in [-0.3, -0.25) is 4.98 Å². The van der Waals surface area contributed by atoms with Gasteiger partial charge in [-0.1, -0.05) is 42.5 Å². The molecule has 0 aliphatic rings. The Morgan fingerprint density at radius 1 is 1.04 bits per heavy atom. The van der Waals surface area contributed by atoms with E-state index in [1.165, 1.54) is 0 Å². The Morgan fingerprint density at radius 3 is 2.50 bits per heavy atom. The fourth-order valence-corrected chi connectivity index (χ4v) is 2.66. The van der Waals surface area contributed by atoms with Crippen molar-refractivity contribution in [3.05, 3.63) is 84.3 Å². The van der Waals surface area contributed by atoms with Gasteiger partial charge in [-0.15, -0.1) is 0 Å². The second-order valence-electron chi connectivity index (χ2n) is 6.23. The molecule has 2 aromatic carbocycles. The van der Waals surface area contributed by atoms with Crippen molar-refractivity contribution in [1.29, 1.82) is 0 Å². The monoisotopic (exact) mass is 349 g/mol. The third-order valence-corrected chi connectivity index (χ3v) is 4.10. The van der Waals surface area contributed by atoms with Gasteiger partial charge in [0.1, 0.15) is 5.75 Å². The molecule has 2 unspecified atom stereocenters. The molecule has 5 nitrogen and oxygen atoms in total. The van der Waals surface area contributed by atoms with Crippen LogP contribution in [0, 0.1) is 0 Å². The van der Waals surface area contributed by atoms with Crippen molar-refractivity contribution in [3.8, 4) is 11.6 Å². The largest absolute Gasteiger partial charge is 0.438 e. The van der Waals surface area contributed by atoms with E-state index in [9.17, 15) is 5.11 Å². The van der Waals surface area contributed by atoms with Crippen LogP contribution in [0.5, 0.6) is 11.6 Å². The van der Waals surface area contributed by atoms with E-state index >= 15 is 0 Å². The maximum Gasteiger partial charge on any atom is 0.237 e. The molecule has 2 N–H and O–H groups in total. The summed E-state index contributed by atoms with van der Waals surface area (Å²) in [5.41, 5.74) is 2.10. The first-order chi connectivity index (χ1) is 12.7. The van der Waals surface area contributed by atoms with E-state index in [-0.39, 0.29) is 6.04 Å². The maximum atomic E-state index is 10.3. The molecule has 0 aliphatic carbocycles. The first-order valence-corrected chi connectivity index (χ1v) is 8.70. The van der Waals surface area contributed by atoms with Crippen LogP contribution in [0.4, 0.5) is 0 Å². The van der Waals surface area contributed by atoms with Gasteiger partial charge in [0, 0.05) is 25.0 Å². The van der Waals surface area contributed by atoms with Crippen molar-refractivity contribution in [3.63, 3.8) is 0 Å². The fraction of sp³-hybridized carbons (Fsp3) is 0.238. The maximum absolute atomic E-state index is 10.3. The van der Waals surface area contributed by atoms with Crippen molar-refractivity contribution in [2.45, 2.75) is 32.0 Å². The number of hydrogen-bond donors (Lipinski definition) is 2. The van der Waals surface area contributed by atoms with E-state index in [0.29, 0.717) is 12.3 Å². The summed E-state index contributed by atoms with van der Waals surface area (Å²) >= 11 is 0. The lowest BCUT2D eigenvalue weighted by Gasteiger charge is -2.18. The first kappa shape index (κ1) is 18.0. The number of hydrogen-bond acceptors (Lipinski definition) is 5. The number of ether oxygens (including phenoxy) is 1. The lowest BCUT2D eigenvalue weighted by atomic mass is 10.0. The highest BCUT2D eigenvalue weighted by Crippen LogP contribution is 2.20. The summed E-state index contributed by atoms with van der Waals surface area (Å²) in [6.45, 7) is 2.81. The lowest BCUT2D eigenvalue weighted by molar-refractivity contribution is 0.154. The number of benzene rings is 2. The molecule has 1 heterocycles. The normalized spacial score (nSPS) is 13.2. The minimum absolute atomic E-state index is 0.195. The van der Waals surface area contributed by atoms with Crippen molar-refractivity contribution in [2.75, 3.05) is 0 Å². The van der Waals surface area contributed by atoms with Gasteiger partial charge in [0.05, 0.1) is 12.3 Å². The third-order valence-electron chi connectivity index (χ3n) is 4.10. The van der Waals surface area contributed by atoms with Gasteiger partial charge in [-0.2, -0.15) is 0 Å². The van der Waals surface area contributed by atoms with E-state index < -0.39 is 6.10 Å². The van der Waals surface area contributed by atoms with E-state index in [2.05, 4.69) is 22.2 Å². The molecule has 0 saturated carbocycles. The third kappa shape index (κ3) is 5.37. The van der Waals surface area contributed by atoms with E-state index in [1.807, 2.05) is 54.6 Å². The predicted molar refractivity (Wildman–Crippen MR) is 101 cm³/mol. The highest BCUT2D eigenvalue weighted by molar-refractivity contribution is 5.29. The second-order valence-corrected chi connectivity index (χ2v) is 6.23. The molecule has 134 valence electrons. The first-order valence-electron chi connectivity index (χ1n) is 8.70. The Morgan fingerprint density at radius 2 is 1.81 bits per heavy atom. The van der Waals surface area contributed by atoms with Gasteiger partial charge in [0.25, 0.3) is 0 Å². The van der Waals surface area contributed by atoms with E-state index in [0.717, 1.165) is 23.4 Å². The Balaban J connectivity index is 1.47. The number of aliphatic hydroxyl groups is 1. The molecule has 3 rings (SSSR count). The molecular formula is C21H23N3O2. The average Bonchev–Trinajstić information content (AvgIpc) is 2.69. The van der Waals surface area contributed by atoms with Crippen molar-refractivity contribution in [1.82, 2.24) is 15.3 Å². The lowest BCUT2D eigenvalue weighted by Crippen LogP contribution is -2.27. The molecule has 1 aromatic heterocycles. The van der Waals surface area contributed by atoms with Crippen LogP contribution in [0.3, 0.4) is 0 Å². The Bertz CT molecular complexity index is 779. The SMILES string of the molecule is CC(CC(O)c1ccccc1)NCc1ccc(Oc2cnccn2)cc1. The molecule has 26 heavy (non-hydrogen) atoms. The topological polar surface area (TPSA) is 67.3 Å². The van der Waals surface area contributed by atoms with Crippen LogP contribution in [-0.2, 0) is 6.54 Å². The molecule has 0 amide bonds. The highest BCUT2D eigenvalue weighted by Gasteiger charge is 2.11. The van der Waals surface area contributed by atoms with Crippen molar-refractivity contribution >= 4 is 0 Å². The Hall–Kier alpha value is -2.76. The summed E-state index contributed by atoms with van der Waals surface area (Å²) in [6, 6.07) is 17.8. The average molecular weight is 349 g/mol. The van der Waals surface area contributed by atoms with Crippen LogP contribution < -0.4 is 10.1 Å². The zero-order valence-electron chi connectivity index (χ0n) is 14.7. The van der Waals surface area contributed by atoms with Crippen LogP contribution in [0.1, 0.15) is 30.6 Å². The fourth-order valence-electron chi connectivity index (χ4n) is 2.66. The second kappa shape index (κ2) is 9.08. The van der Waals surface area contributed by atoms with Crippen molar-refractivity contribution < 1.29 is 9.84 Å². The summed E-state index contributed by atoms with van der Waals surface area (Å²) < 4.78 is 5.63. The Labute approximate surface area is 153 Å². The van der Waals surface area contributed by atoms with Gasteiger partial charge in [-0.25, -0.2) is 4.98 Å². The molecule has 0 spiro atoms. The number of aliphatic hydroxyl groups excluding tert-OH is 1. The summed E-state index contributed by atoms with van der Waals surface area (Å²) in [6.07, 6.45) is 4.99. The van der Waals surface area contributed by atoms with Crippen LogP contribution in [-0.4, -0.2) is 21.1 Å². The Kier molecular flexibility index (Phi) is 6.30. The summed E-state index contributed by atoms with van der Waals surface area (Å²) in [5, 5.41) is 13.7. The molecule has 2 atom stereocenters. The molecule has 0 saturated heterocycles. The van der Waals surface area contributed by atoms with Crippen LogP contribution >= 0.6 is 0 Å². The summed E-state index contributed by atoms with van der Waals surface area (Å²) in [7, 11) is 0. The number of rotatable bonds is 8. The molecule has 0 bridgehead atoms. The van der Waals surface area contributed by atoms with Gasteiger partial charge in [-0.05, 0) is 36.6 Å². The van der Waals surface area contributed by atoms with Gasteiger partial charge < -0.3 is 15.2 Å². The highest BCUT2D eigenvalue weighted by atomic mass is 16.5. The molecule has 3 aromatic rings. The minimum Gasteiger partial charge on any atom is -0.438 e. The molecule has 0 radical (unpaired) electrons. The molecular weight excluding hydrogens is 326 g/mol. The van der Waals surface area contributed by atoms with Gasteiger partial charge >= 0.3 is 0 Å². The number of nitrogens with zero attached hydrogens (tertiary/aromatic N) is 2. The zero-order chi connectivity index (χ0) is 18.2. The quantitative estimate of drug-likeness (QED) is 0.646. The summed E-state index contributed by atoms with van der Waals surface area (Å²) in [4.78, 5) is 8.06. The van der Waals surface area contributed by atoms with Gasteiger partial charge in [0.15, 0.2) is 0 Å². The molecule has 5 heteroatoms. The molecule has 0 aliphatic heterocycles. The van der Waals surface area contributed by atoms with E-state index in [4.69, 9.17) is 4.74 Å². The number of nitrogens with one attached hydrogen (secondary N) is 1. The van der Waals surface area contributed by atoms with Crippen LogP contribution in [0.15, 0.2) is 73.2 Å². The summed E-state index contributed by atoms with van der Waals surface area (Å²) in [5.74, 6) is 1.20. The van der Waals surface area contributed by atoms with E-state index in [1.54, 1.807) is 18.6 Å². The van der Waals surface area contributed by atoms with Gasteiger partial charge in [0.2, 0.25) is 5.88 Å². The van der Waals surface area contributed by atoms with Crippen LogP contribution in [0.2, 0.25) is 0 Å². The number of aromatic nitrogens is 2. The smallest absolute Gasteiger partial charge is 0.237 e. The standard InChI is InChI=1S/C21H23N3O2/c1-16(13-20(25)18-5-3-2-4-6-18)24-14-17-7-9-19(10-8-17)26-21-15-22-11-12-23-21/h2-12,15-16,20,24-25H,13-14H2,1H3. The zero-order valence-corrected chi connectivity index (χ0v) is 14.7. The van der Waals surface area contributed by atoms with Crippen molar-refractivity contribution in [2.24, 2.45) is 0 Å². The van der Waals surface area contributed by atoms with Crippen LogP contribution in [0.25, 0.3) is 0 Å². The predicted octanol–water partition coefficient (Wildman–Crippen LogP) is 3.87. The minimum atomic E-state index is -0.457. The molecule has 0 fully saturated rings.